The topological polar surface area (TPSA) is 58.2 Å². The number of benzene rings is 1. The lowest BCUT2D eigenvalue weighted by Gasteiger charge is -2.09. The standard InChI is InChI=1S/C12H14Cl2N2O2/c1-7(2)16-11(17)6-15-12(18)8-3-9(13)5-10(14)4-8/h3-5,7H,6H2,1-2H3,(H,15,18)(H,16,17). The lowest BCUT2D eigenvalue weighted by molar-refractivity contribution is -0.120. The normalized spacial score (nSPS) is 10.3. The van der Waals surface area contributed by atoms with Crippen molar-refractivity contribution in [1.29, 1.82) is 0 Å². The van der Waals surface area contributed by atoms with E-state index in [0.717, 1.165) is 0 Å². The summed E-state index contributed by atoms with van der Waals surface area (Å²) in [6.07, 6.45) is 0. The van der Waals surface area contributed by atoms with Gasteiger partial charge in [0.25, 0.3) is 5.91 Å². The molecule has 0 saturated heterocycles. The molecule has 0 heterocycles. The van der Waals surface area contributed by atoms with Crippen LogP contribution in [-0.4, -0.2) is 24.4 Å². The number of hydrogen-bond acceptors (Lipinski definition) is 2. The minimum atomic E-state index is -0.390. The molecule has 1 aromatic rings. The number of amides is 2. The fraction of sp³-hybridized carbons (Fsp3) is 0.333. The van der Waals surface area contributed by atoms with Gasteiger partial charge in [-0.05, 0) is 32.0 Å². The highest BCUT2D eigenvalue weighted by Crippen LogP contribution is 2.18. The molecule has 0 aliphatic carbocycles. The van der Waals surface area contributed by atoms with Gasteiger partial charge in [0.2, 0.25) is 5.91 Å². The Morgan fingerprint density at radius 3 is 2.22 bits per heavy atom. The molecule has 6 heteroatoms. The Morgan fingerprint density at radius 1 is 1.17 bits per heavy atom. The molecule has 0 radical (unpaired) electrons. The minimum Gasteiger partial charge on any atom is -0.352 e. The van der Waals surface area contributed by atoms with Crippen LogP contribution in [0.1, 0.15) is 24.2 Å². The monoisotopic (exact) mass is 288 g/mol. The molecule has 0 aromatic heterocycles. The second-order valence-corrected chi connectivity index (χ2v) is 4.94. The number of carbonyl (C=O) groups excluding carboxylic acids is 2. The summed E-state index contributed by atoms with van der Waals surface area (Å²) in [7, 11) is 0. The Kier molecular flexibility index (Phi) is 5.44. The van der Waals surface area contributed by atoms with Crippen molar-refractivity contribution >= 4 is 35.0 Å². The highest BCUT2D eigenvalue weighted by molar-refractivity contribution is 6.35. The predicted molar refractivity (Wildman–Crippen MR) is 72.1 cm³/mol. The van der Waals surface area contributed by atoms with Crippen LogP contribution in [0.5, 0.6) is 0 Å². The van der Waals surface area contributed by atoms with Gasteiger partial charge in [-0.2, -0.15) is 0 Å². The van der Waals surface area contributed by atoms with Crippen molar-refractivity contribution in [1.82, 2.24) is 10.6 Å². The fourth-order valence-electron chi connectivity index (χ4n) is 1.32. The molecular formula is C12H14Cl2N2O2. The van der Waals surface area contributed by atoms with Gasteiger partial charge in [0, 0.05) is 21.7 Å². The average molecular weight is 289 g/mol. The molecular weight excluding hydrogens is 275 g/mol. The van der Waals surface area contributed by atoms with Crippen molar-refractivity contribution in [2.45, 2.75) is 19.9 Å². The summed E-state index contributed by atoms with van der Waals surface area (Å²) >= 11 is 11.6. The zero-order chi connectivity index (χ0) is 13.7. The highest BCUT2D eigenvalue weighted by atomic mass is 35.5. The molecule has 0 fully saturated rings. The summed E-state index contributed by atoms with van der Waals surface area (Å²) in [5.74, 6) is -0.634. The van der Waals surface area contributed by atoms with Crippen molar-refractivity contribution in [3.63, 3.8) is 0 Å². The molecule has 98 valence electrons. The van der Waals surface area contributed by atoms with Gasteiger partial charge in [0.15, 0.2) is 0 Å². The first kappa shape index (κ1) is 14.8. The van der Waals surface area contributed by atoms with E-state index in [0.29, 0.717) is 15.6 Å². The minimum absolute atomic E-state index is 0.0371. The molecule has 4 nitrogen and oxygen atoms in total. The zero-order valence-electron chi connectivity index (χ0n) is 10.1. The number of rotatable bonds is 4. The molecule has 0 atom stereocenters. The van der Waals surface area contributed by atoms with E-state index in [1.54, 1.807) is 0 Å². The van der Waals surface area contributed by atoms with Gasteiger partial charge in [0.05, 0.1) is 6.54 Å². The number of carbonyl (C=O) groups is 2. The molecule has 18 heavy (non-hydrogen) atoms. The Morgan fingerprint density at radius 2 is 1.72 bits per heavy atom. The SMILES string of the molecule is CC(C)NC(=O)CNC(=O)c1cc(Cl)cc(Cl)c1. The van der Waals surface area contributed by atoms with Crippen LogP contribution >= 0.6 is 23.2 Å². The lowest BCUT2D eigenvalue weighted by atomic mass is 10.2. The fourth-order valence-corrected chi connectivity index (χ4v) is 1.85. The second-order valence-electron chi connectivity index (χ2n) is 4.06. The molecule has 1 aromatic carbocycles. The summed E-state index contributed by atoms with van der Waals surface area (Å²) in [6.45, 7) is 3.61. The third kappa shape index (κ3) is 4.94. The quantitative estimate of drug-likeness (QED) is 0.893. The summed E-state index contributed by atoms with van der Waals surface area (Å²) in [5, 5.41) is 5.91. The predicted octanol–water partition coefficient (Wildman–Crippen LogP) is 2.25. The molecule has 0 bridgehead atoms. The van der Waals surface area contributed by atoms with E-state index in [1.807, 2.05) is 13.8 Å². The Labute approximate surface area is 116 Å². The third-order valence-corrected chi connectivity index (χ3v) is 2.42. The Bertz CT molecular complexity index is 441. The lowest BCUT2D eigenvalue weighted by Crippen LogP contribution is -2.39. The first-order valence-electron chi connectivity index (χ1n) is 5.42. The van der Waals surface area contributed by atoms with Gasteiger partial charge in [-0.1, -0.05) is 23.2 Å². The molecule has 0 unspecified atom stereocenters. The van der Waals surface area contributed by atoms with Crippen LogP contribution in [0.4, 0.5) is 0 Å². The van der Waals surface area contributed by atoms with Gasteiger partial charge in [-0.3, -0.25) is 9.59 Å². The van der Waals surface area contributed by atoms with Crippen LogP contribution in [0, 0.1) is 0 Å². The summed E-state index contributed by atoms with van der Waals surface area (Å²) < 4.78 is 0. The van der Waals surface area contributed by atoms with Gasteiger partial charge in [0.1, 0.15) is 0 Å². The maximum atomic E-state index is 11.7. The van der Waals surface area contributed by atoms with E-state index in [1.165, 1.54) is 18.2 Å². The van der Waals surface area contributed by atoms with Gasteiger partial charge < -0.3 is 10.6 Å². The molecule has 2 amide bonds. The summed E-state index contributed by atoms with van der Waals surface area (Å²) in [5.41, 5.74) is 0.324. The van der Waals surface area contributed by atoms with Crippen LogP contribution < -0.4 is 10.6 Å². The third-order valence-electron chi connectivity index (χ3n) is 1.98. The van der Waals surface area contributed by atoms with E-state index in [4.69, 9.17) is 23.2 Å². The Hall–Kier alpha value is -1.26. The highest BCUT2D eigenvalue weighted by Gasteiger charge is 2.10. The van der Waals surface area contributed by atoms with Crippen LogP contribution in [0.15, 0.2) is 18.2 Å². The molecule has 0 aliphatic rings. The first-order chi connectivity index (χ1) is 8.38. The van der Waals surface area contributed by atoms with Crippen LogP contribution in [0.25, 0.3) is 0 Å². The van der Waals surface area contributed by atoms with E-state index < -0.39 is 5.91 Å². The summed E-state index contributed by atoms with van der Waals surface area (Å²) in [6, 6.07) is 4.55. The molecule has 2 N–H and O–H groups in total. The first-order valence-corrected chi connectivity index (χ1v) is 6.17. The number of halogens is 2. The van der Waals surface area contributed by atoms with Crippen molar-refractivity contribution in [2.24, 2.45) is 0 Å². The molecule has 0 aliphatic heterocycles. The van der Waals surface area contributed by atoms with E-state index in [2.05, 4.69) is 10.6 Å². The molecule has 1 rings (SSSR count). The second kappa shape index (κ2) is 6.61. The Balaban J connectivity index is 2.58. The molecule has 0 spiro atoms. The maximum absolute atomic E-state index is 11.7. The average Bonchev–Trinajstić information content (AvgIpc) is 2.23. The smallest absolute Gasteiger partial charge is 0.251 e. The number of nitrogens with one attached hydrogen (secondary N) is 2. The van der Waals surface area contributed by atoms with E-state index >= 15 is 0 Å². The van der Waals surface area contributed by atoms with Gasteiger partial charge in [-0.25, -0.2) is 0 Å². The largest absolute Gasteiger partial charge is 0.352 e. The van der Waals surface area contributed by atoms with Crippen LogP contribution in [0.2, 0.25) is 10.0 Å². The zero-order valence-corrected chi connectivity index (χ0v) is 11.6. The van der Waals surface area contributed by atoms with E-state index in [-0.39, 0.29) is 18.5 Å². The van der Waals surface area contributed by atoms with Gasteiger partial charge in [-0.15, -0.1) is 0 Å². The van der Waals surface area contributed by atoms with Crippen molar-refractivity contribution in [3.05, 3.63) is 33.8 Å². The molecule has 0 saturated carbocycles. The number of hydrogen-bond donors (Lipinski definition) is 2. The van der Waals surface area contributed by atoms with Crippen molar-refractivity contribution < 1.29 is 9.59 Å². The van der Waals surface area contributed by atoms with Gasteiger partial charge >= 0.3 is 0 Å². The van der Waals surface area contributed by atoms with Crippen molar-refractivity contribution in [2.75, 3.05) is 6.54 Å². The van der Waals surface area contributed by atoms with E-state index in [9.17, 15) is 9.59 Å². The maximum Gasteiger partial charge on any atom is 0.251 e. The summed E-state index contributed by atoms with van der Waals surface area (Å²) in [4.78, 5) is 23.1. The van der Waals surface area contributed by atoms with Crippen molar-refractivity contribution in [3.8, 4) is 0 Å². The van der Waals surface area contributed by atoms with Crippen LogP contribution in [-0.2, 0) is 4.79 Å². The van der Waals surface area contributed by atoms with Crippen LogP contribution in [0.3, 0.4) is 0 Å².